The SMILES string of the molecule is CO[Si]1(OC)CCC(C2CC[Si](Cl)(Cl)CC2)C1. The van der Waals surface area contributed by atoms with Gasteiger partial charge in [0.1, 0.15) is 0 Å². The molecule has 2 fully saturated rings. The minimum absolute atomic E-state index is 0.792. The second-order valence-corrected chi connectivity index (χ2v) is 16.7. The molecule has 0 N–H and O–H groups in total. The van der Waals surface area contributed by atoms with E-state index in [0.29, 0.717) is 0 Å². The minimum Gasteiger partial charge on any atom is -0.398 e. The Hall–Kier alpha value is 0.934. The molecule has 0 bridgehead atoms. The summed E-state index contributed by atoms with van der Waals surface area (Å²) < 4.78 is 11.4. The molecule has 2 nitrogen and oxygen atoms in total. The van der Waals surface area contributed by atoms with Crippen molar-refractivity contribution in [2.75, 3.05) is 14.2 Å². The molecule has 0 aromatic carbocycles. The molecule has 1 unspecified atom stereocenters. The van der Waals surface area contributed by atoms with Gasteiger partial charge in [0.2, 0.25) is 0 Å². The summed E-state index contributed by atoms with van der Waals surface area (Å²) in [4.78, 5) is 0. The van der Waals surface area contributed by atoms with Gasteiger partial charge in [-0.15, -0.1) is 22.2 Å². The molecule has 2 heterocycles. The normalized spacial score (nSPS) is 32.8. The average Bonchev–Trinajstić information content (AvgIpc) is 2.74. The Kier molecular flexibility index (Phi) is 4.65. The van der Waals surface area contributed by atoms with Crippen LogP contribution in [0.2, 0.25) is 24.2 Å². The zero-order valence-electron chi connectivity index (χ0n) is 10.7. The summed E-state index contributed by atoms with van der Waals surface area (Å²) in [6.07, 6.45) is 3.72. The maximum absolute atomic E-state index is 6.32. The number of hydrogen-bond donors (Lipinski definition) is 0. The predicted molar refractivity (Wildman–Crippen MR) is 77.3 cm³/mol. The van der Waals surface area contributed by atoms with Crippen LogP contribution < -0.4 is 0 Å². The predicted octanol–water partition coefficient (Wildman–Crippen LogP) is 4.07. The second-order valence-electron chi connectivity index (χ2n) is 5.52. The van der Waals surface area contributed by atoms with E-state index < -0.39 is 15.3 Å². The van der Waals surface area contributed by atoms with E-state index in [-0.39, 0.29) is 0 Å². The fourth-order valence-electron chi connectivity index (χ4n) is 3.40. The smallest absolute Gasteiger partial charge is 0.337 e. The van der Waals surface area contributed by atoms with Crippen LogP contribution in [0, 0.1) is 11.8 Å². The van der Waals surface area contributed by atoms with Crippen molar-refractivity contribution in [2.45, 2.75) is 43.4 Å². The Morgan fingerprint density at radius 3 is 1.88 bits per heavy atom. The van der Waals surface area contributed by atoms with Gasteiger partial charge in [0, 0.05) is 14.2 Å². The molecule has 2 aliphatic rings. The fourth-order valence-corrected chi connectivity index (χ4v) is 9.80. The van der Waals surface area contributed by atoms with E-state index in [1.54, 1.807) is 0 Å². The first kappa shape index (κ1) is 14.3. The molecule has 0 saturated carbocycles. The molecule has 6 heteroatoms. The van der Waals surface area contributed by atoms with Crippen LogP contribution in [0.4, 0.5) is 0 Å². The molecule has 0 aromatic rings. The lowest BCUT2D eigenvalue weighted by Gasteiger charge is -2.33. The molecule has 0 aromatic heterocycles. The molecule has 0 amide bonds. The zero-order valence-corrected chi connectivity index (χ0v) is 14.2. The van der Waals surface area contributed by atoms with E-state index in [9.17, 15) is 0 Å². The van der Waals surface area contributed by atoms with Gasteiger partial charge in [-0.2, -0.15) is 0 Å². The Bertz CT molecular complexity index is 262. The molecule has 0 spiro atoms. The van der Waals surface area contributed by atoms with Gasteiger partial charge in [0.25, 0.3) is 6.69 Å². The van der Waals surface area contributed by atoms with Crippen molar-refractivity contribution in [3.05, 3.63) is 0 Å². The Morgan fingerprint density at radius 2 is 1.41 bits per heavy atom. The maximum Gasteiger partial charge on any atom is 0.337 e. The molecule has 0 radical (unpaired) electrons. The van der Waals surface area contributed by atoms with Crippen molar-refractivity contribution < 1.29 is 8.85 Å². The van der Waals surface area contributed by atoms with Crippen LogP contribution in [0.15, 0.2) is 0 Å². The van der Waals surface area contributed by atoms with Crippen molar-refractivity contribution in [1.29, 1.82) is 0 Å². The first-order valence-electron chi connectivity index (χ1n) is 6.48. The second kappa shape index (κ2) is 5.51. The third kappa shape index (κ3) is 3.28. The van der Waals surface area contributed by atoms with E-state index in [0.717, 1.165) is 30.0 Å². The number of halogens is 2. The van der Waals surface area contributed by atoms with Crippen molar-refractivity contribution in [2.24, 2.45) is 11.8 Å². The highest BCUT2D eigenvalue weighted by Crippen LogP contribution is 2.47. The van der Waals surface area contributed by atoms with E-state index >= 15 is 0 Å². The summed E-state index contributed by atoms with van der Waals surface area (Å²) in [5.41, 5.74) is 0. The Morgan fingerprint density at radius 1 is 0.882 bits per heavy atom. The van der Waals surface area contributed by atoms with Gasteiger partial charge in [0.05, 0.1) is 0 Å². The first-order valence-corrected chi connectivity index (χ1v) is 13.2. The van der Waals surface area contributed by atoms with Crippen molar-refractivity contribution >= 4 is 37.4 Å². The molecule has 2 saturated heterocycles. The van der Waals surface area contributed by atoms with Crippen LogP contribution in [-0.2, 0) is 8.85 Å². The van der Waals surface area contributed by atoms with Crippen LogP contribution in [-0.4, -0.2) is 29.5 Å². The van der Waals surface area contributed by atoms with E-state index in [1.165, 1.54) is 25.3 Å². The van der Waals surface area contributed by atoms with Gasteiger partial charge in [-0.25, -0.2) is 0 Å². The molecule has 0 aliphatic carbocycles. The summed E-state index contributed by atoms with van der Waals surface area (Å²) in [6.45, 7) is -1.84. The summed E-state index contributed by atoms with van der Waals surface area (Å²) in [7, 11) is 1.81. The van der Waals surface area contributed by atoms with Crippen molar-refractivity contribution in [3.63, 3.8) is 0 Å². The minimum atomic E-state index is -1.84. The topological polar surface area (TPSA) is 18.5 Å². The monoisotopic (exact) mass is 312 g/mol. The first-order chi connectivity index (χ1) is 8.00. The lowest BCUT2D eigenvalue weighted by molar-refractivity contribution is 0.242. The molecular formula is C11H22Cl2O2Si2. The van der Waals surface area contributed by atoms with Crippen molar-refractivity contribution in [1.82, 2.24) is 0 Å². The Balaban J connectivity index is 1.89. The highest BCUT2D eigenvalue weighted by atomic mass is 35.7. The van der Waals surface area contributed by atoms with Gasteiger partial charge < -0.3 is 8.85 Å². The lowest BCUT2D eigenvalue weighted by Crippen LogP contribution is -2.37. The fraction of sp³-hybridized carbons (Fsp3) is 1.00. The highest BCUT2D eigenvalue weighted by Gasteiger charge is 2.48. The van der Waals surface area contributed by atoms with Crippen molar-refractivity contribution in [3.8, 4) is 0 Å². The summed E-state index contributed by atoms with van der Waals surface area (Å²) in [5.74, 6) is 1.60. The molecular weight excluding hydrogens is 291 g/mol. The van der Waals surface area contributed by atoms with E-state index in [1.807, 2.05) is 14.2 Å². The molecule has 2 aliphatic heterocycles. The summed E-state index contributed by atoms with van der Waals surface area (Å²) in [6, 6.07) is 4.48. The van der Waals surface area contributed by atoms with Gasteiger partial charge in [0.15, 0.2) is 0 Å². The maximum atomic E-state index is 6.32. The third-order valence-corrected chi connectivity index (χ3v) is 12.6. The van der Waals surface area contributed by atoms with Crippen LogP contribution in [0.1, 0.15) is 19.3 Å². The quantitative estimate of drug-likeness (QED) is 0.577. The molecule has 2 rings (SSSR count). The lowest BCUT2D eigenvalue weighted by atomic mass is 9.87. The van der Waals surface area contributed by atoms with Gasteiger partial charge in [-0.1, -0.05) is 12.8 Å². The summed E-state index contributed by atoms with van der Waals surface area (Å²) >= 11 is 12.6. The zero-order chi connectivity index (χ0) is 12.5. The van der Waals surface area contributed by atoms with Crippen LogP contribution >= 0.6 is 22.2 Å². The summed E-state index contributed by atoms with van der Waals surface area (Å²) in [5, 5.41) is 0. The van der Waals surface area contributed by atoms with E-state index in [2.05, 4.69) is 0 Å². The molecule has 1 atom stereocenters. The highest BCUT2D eigenvalue weighted by molar-refractivity contribution is 7.45. The van der Waals surface area contributed by atoms with Gasteiger partial charge in [-0.05, 0) is 42.4 Å². The third-order valence-electron chi connectivity index (χ3n) is 4.64. The number of rotatable bonds is 3. The number of hydrogen-bond acceptors (Lipinski definition) is 2. The standard InChI is InChI=1S/C11H22Cl2O2Si2/c1-14-17(15-2)8-5-11(9-17)10-3-6-16(12,13)7-4-10/h10-11H,3-9H2,1-2H3. The van der Waals surface area contributed by atoms with Crippen LogP contribution in [0.5, 0.6) is 0 Å². The largest absolute Gasteiger partial charge is 0.398 e. The molecule has 17 heavy (non-hydrogen) atoms. The Labute approximate surface area is 116 Å². The average molecular weight is 313 g/mol. The van der Waals surface area contributed by atoms with Crippen LogP contribution in [0.3, 0.4) is 0 Å². The van der Waals surface area contributed by atoms with Crippen LogP contribution in [0.25, 0.3) is 0 Å². The van der Waals surface area contributed by atoms with E-state index in [4.69, 9.17) is 31.0 Å². The van der Waals surface area contributed by atoms with Gasteiger partial charge in [-0.3, -0.25) is 0 Å². The van der Waals surface area contributed by atoms with Gasteiger partial charge >= 0.3 is 8.56 Å². The molecule has 100 valence electrons.